The number of benzene rings is 2. The van der Waals surface area contributed by atoms with Crippen LogP contribution in [0.1, 0.15) is 30.8 Å². The lowest BCUT2D eigenvalue weighted by Crippen LogP contribution is -2.42. The predicted octanol–water partition coefficient (Wildman–Crippen LogP) is 5.08. The van der Waals surface area contributed by atoms with Gasteiger partial charge < -0.3 is 14.6 Å². The van der Waals surface area contributed by atoms with Gasteiger partial charge in [-0.15, -0.1) is 0 Å². The van der Waals surface area contributed by atoms with Gasteiger partial charge in [0, 0.05) is 24.0 Å². The van der Waals surface area contributed by atoms with Gasteiger partial charge >= 0.3 is 0 Å². The Kier molecular flexibility index (Phi) is 4.41. The summed E-state index contributed by atoms with van der Waals surface area (Å²) in [6.45, 7) is 6.10. The Morgan fingerprint density at radius 2 is 1.73 bits per heavy atom. The molecule has 4 heteroatoms. The first-order valence-electron chi connectivity index (χ1n) is 9.23. The molecule has 0 bridgehead atoms. The Balaban J connectivity index is 1.56. The molecule has 0 saturated carbocycles. The maximum atomic E-state index is 12.9. The molecule has 0 spiro atoms. The molecule has 1 aliphatic rings. The lowest BCUT2D eigenvalue weighted by atomic mass is 9.92. The molecule has 1 aromatic heterocycles. The molecule has 4 nitrogen and oxygen atoms in total. The van der Waals surface area contributed by atoms with Crippen LogP contribution in [0.15, 0.2) is 54.6 Å². The van der Waals surface area contributed by atoms with Gasteiger partial charge in [-0.3, -0.25) is 4.79 Å². The van der Waals surface area contributed by atoms with Crippen LogP contribution in [0.2, 0.25) is 0 Å². The van der Waals surface area contributed by atoms with Crippen molar-refractivity contribution in [1.82, 2.24) is 9.88 Å². The average Bonchev–Trinajstić information content (AvgIpc) is 3.04. The van der Waals surface area contributed by atoms with Gasteiger partial charge in [-0.25, -0.2) is 0 Å². The van der Waals surface area contributed by atoms with Crippen molar-refractivity contribution in [2.45, 2.75) is 20.3 Å². The minimum atomic E-state index is 0.0881. The van der Waals surface area contributed by atoms with E-state index in [2.05, 4.69) is 18.8 Å². The Hall–Kier alpha value is -2.75. The van der Waals surface area contributed by atoms with Gasteiger partial charge in [0.15, 0.2) is 0 Å². The molecule has 1 fully saturated rings. The van der Waals surface area contributed by atoms with Crippen molar-refractivity contribution in [3.05, 3.63) is 60.3 Å². The van der Waals surface area contributed by atoms with Crippen molar-refractivity contribution in [2.75, 3.05) is 13.1 Å². The Morgan fingerprint density at radius 1 is 1.00 bits per heavy atom. The van der Waals surface area contributed by atoms with E-state index in [4.69, 9.17) is 4.74 Å². The number of ether oxygens (including phenoxy) is 1. The van der Waals surface area contributed by atoms with Gasteiger partial charge in [0.2, 0.25) is 0 Å². The highest BCUT2D eigenvalue weighted by molar-refractivity contribution is 5.98. The van der Waals surface area contributed by atoms with Crippen LogP contribution in [0.4, 0.5) is 0 Å². The monoisotopic (exact) mass is 348 g/mol. The highest BCUT2D eigenvalue weighted by atomic mass is 16.5. The molecule has 0 radical (unpaired) electrons. The number of rotatable bonds is 3. The lowest BCUT2D eigenvalue weighted by molar-refractivity contribution is 0.0618. The van der Waals surface area contributed by atoms with Crippen LogP contribution in [-0.4, -0.2) is 28.9 Å². The van der Waals surface area contributed by atoms with E-state index in [0.29, 0.717) is 17.5 Å². The number of carbonyl (C=O) groups excluding carboxylic acids is 1. The number of aromatic amines is 1. The molecular weight excluding hydrogens is 324 g/mol. The number of nitrogens with one attached hydrogen (secondary N) is 1. The zero-order chi connectivity index (χ0) is 18.1. The number of fused-ring (bicyclic) bond motifs is 1. The second-order valence-corrected chi connectivity index (χ2v) is 7.50. The fourth-order valence-electron chi connectivity index (χ4n) is 3.91. The quantitative estimate of drug-likeness (QED) is 0.717. The topological polar surface area (TPSA) is 45.3 Å². The summed E-state index contributed by atoms with van der Waals surface area (Å²) in [5.74, 6) is 2.76. The van der Waals surface area contributed by atoms with Gasteiger partial charge in [-0.2, -0.15) is 0 Å². The largest absolute Gasteiger partial charge is 0.457 e. The minimum Gasteiger partial charge on any atom is -0.457 e. The van der Waals surface area contributed by atoms with Crippen LogP contribution in [0.25, 0.3) is 10.9 Å². The number of para-hydroxylation sites is 1. The summed E-state index contributed by atoms with van der Waals surface area (Å²) in [6.07, 6.45) is 1.19. The highest BCUT2D eigenvalue weighted by Crippen LogP contribution is 2.27. The van der Waals surface area contributed by atoms with E-state index < -0.39 is 0 Å². The van der Waals surface area contributed by atoms with Crippen molar-refractivity contribution < 1.29 is 9.53 Å². The van der Waals surface area contributed by atoms with E-state index in [1.54, 1.807) is 0 Å². The smallest absolute Gasteiger partial charge is 0.270 e. The average molecular weight is 348 g/mol. The molecule has 26 heavy (non-hydrogen) atoms. The molecule has 1 saturated heterocycles. The zero-order valence-electron chi connectivity index (χ0n) is 15.2. The Morgan fingerprint density at radius 3 is 2.46 bits per heavy atom. The molecule has 1 N–H and O–H groups in total. The number of nitrogens with zero attached hydrogens (tertiary/aromatic N) is 1. The van der Waals surface area contributed by atoms with E-state index in [-0.39, 0.29) is 5.91 Å². The second-order valence-electron chi connectivity index (χ2n) is 7.50. The summed E-state index contributed by atoms with van der Waals surface area (Å²) >= 11 is 0. The van der Waals surface area contributed by atoms with Crippen LogP contribution in [0.3, 0.4) is 0 Å². The SMILES string of the molecule is C[C@@H]1C[C@@H](C)CN(C(=O)c2cc3cc(Oc4ccccc4)ccc3[nH]2)C1. The summed E-state index contributed by atoms with van der Waals surface area (Å²) in [6, 6.07) is 17.5. The third-order valence-corrected chi connectivity index (χ3v) is 4.96. The maximum absolute atomic E-state index is 12.9. The number of aromatic nitrogens is 1. The first-order chi connectivity index (χ1) is 12.6. The van der Waals surface area contributed by atoms with E-state index in [1.807, 2.05) is 59.5 Å². The molecule has 134 valence electrons. The van der Waals surface area contributed by atoms with E-state index >= 15 is 0 Å². The summed E-state index contributed by atoms with van der Waals surface area (Å²) in [7, 11) is 0. The van der Waals surface area contributed by atoms with Gasteiger partial charge in [0.25, 0.3) is 5.91 Å². The molecule has 4 rings (SSSR count). The van der Waals surface area contributed by atoms with E-state index in [1.165, 1.54) is 6.42 Å². The summed E-state index contributed by atoms with van der Waals surface area (Å²) in [4.78, 5) is 18.1. The van der Waals surface area contributed by atoms with Crippen molar-refractivity contribution in [3.63, 3.8) is 0 Å². The number of amides is 1. The molecule has 1 amide bonds. The van der Waals surface area contributed by atoms with Crippen LogP contribution < -0.4 is 4.74 Å². The van der Waals surface area contributed by atoms with Gasteiger partial charge in [-0.1, -0.05) is 32.0 Å². The summed E-state index contributed by atoms with van der Waals surface area (Å²) in [5.41, 5.74) is 1.60. The van der Waals surface area contributed by atoms with Crippen molar-refractivity contribution in [1.29, 1.82) is 0 Å². The molecule has 0 unspecified atom stereocenters. The fraction of sp³-hybridized carbons (Fsp3) is 0.318. The molecule has 2 aromatic carbocycles. The van der Waals surface area contributed by atoms with Gasteiger partial charge in [-0.05, 0) is 54.7 Å². The van der Waals surface area contributed by atoms with E-state index in [9.17, 15) is 4.79 Å². The van der Waals surface area contributed by atoms with Gasteiger partial charge in [0.05, 0.1) is 0 Å². The predicted molar refractivity (Wildman–Crippen MR) is 104 cm³/mol. The normalized spacial score (nSPS) is 20.3. The number of hydrogen-bond acceptors (Lipinski definition) is 2. The molecular formula is C22H24N2O2. The van der Waals surface area contributed by atoms with E-state index in [0.717, 1.165) is 35.5 Å². The second kappa shape index (κ2) is 6.87. The Bertz CT molecular complexity index is 906. The number of carbonyl (C=O) groups is 1. The van der Waals surface area contributed by atoms with Crippen LogP contribution in [0, 0.1) is 11.8 Å². The number of likely N-dealkylation sites (tertiary alicyclic amines) is 1. The van der Waals surface area contributed by atoms with Gasteiger partial charge in [0.1, 0.15) is 17.2 Å². The third kappa shape index (κ3) is 3.45. The standard InChI is InChI=1S/C22H24N2O2/c1-15-10-16(2)14-24(13-15)22(25)21-12-17-11-19(8-9-20(17)23-21)26-18-6-4-3-5-7-18/h3-9,11-12,15-16,23H,10,13-14H2,1-2H3/t15-,16-/m1/s1. The van der Waals surface area contributed by atoms with Crippen LogP contribution in [-0.2, 0) is 0 Å². The summed E-state index contributed by atoms with van der Waals surface area (Å²) < 4.78 is 5.89. The first kappa shape index (κ1) is 16.7. The van der Waals surface area contributed by atoms with Crippen molar-refractivity contribution in [3.8, 4) is 11.5 Å². The summed E-state index contributed by atoms with van der Waals surface area (Å²) in [5, 5.41) is 0.986. The molecule has 2 heterocycles. The van der Waals surface area contributed by atoms with Crippen molar-refractivity contribution >= 4 is 16.8 Å². The molecule has 2 atom stereocenters. The van der Waals surface area contributed by atoms with Crippen molar-refractivity contribution in [2.24, 2.45) is 11.8 Å². The minimum absolute atomic E-state index is 0.0881. The zero-order valence-corrected chi connectivity index (χ0v) is 15.2. The Labute approximate surface area is 153 Å². The highest BCUT2D eigenvalue weighted by Gasteiger charge is 2.26. The molecule has 1 aliphatic heterocycles. The lowest BCUT2D eigenvalue weighted by Gasteiger charge is -2.34. The molecule has 0 aliphatic carbocycles. The fourth-order valence-corrected chi connectivity index (χ4v) is 3.91. The number of H-pyrrole nitrogens is 1. The maximum Gasteiger partial charge on any atom is 0.270 e. The number of piperidine rings is 1. The van der Waals surface area contributed by atoms with Crippen LogP contribution in [0.5, 0.6) is 11.5 Å². The molecule has 3 aromatic rings. The number of hydrogen-bond donors (Lipinski definition) is 1. The van der Waals surface area contributed by atoms with Crippen LogP contribution >= 0.6 is 0 Å². The first-order valence-corrected chi connectivity index (χ1v) is 9.23. The third-order valence-electron chi connectivity index (χ3n) is 4.96.